The van der Waals surface area contributed by atoms with E-state index in [0.717, 1.165) is 6.07 Å². The fraction of sp³-hybridized carbons (Fsp3) is 0.143. The Balaban J connectivity index is 3.13. The third kappa shape index (κ3) is 1.90. The molecule has 0 saturated carbocycles. The van der Waals surface area contributed by atoms with Gasteiger partial charge in [-0.1, -0.05) is 12.7 Å². The molecule has 0 N–H and O–H groups in total. The number of alkyl halides is 3. The molecule has 0 nitrogen and oxygen atoms in total. The first-order valence-corrected chi connectivity index (χ1v) is 4.55. The van der Waals surface area contributed by atoms with Crippen LogP contribution in [-0.2, 0) is 6.18 Å². The molecule has 12 heavy (non-hydrogen) atoms. The first-order chi connectivity index (χ1) is 5.45. The normalized spacial score (nSPS) is 11.7. The Labute approximate surface area is 79.8 Å². The number of hydrogen-bond acceptors (Lipinski definition) is 1. The third-order valence-electron chi connectivity index (χ3n) is 1.18. The largest absolute Gasteiger partial charge is 0.425 e. The number of rotatable bonds is 1. The molecule has 1 aromatic rings. The maximum atomic E-state index is 12.1. The molecule has 66 valence electrons. The highest BCUT2D eigenvalue weighted by molar-refractivity contribution is 9.10. The number of hydrogen-bond donors (Lipinski definition) is 0. The second-order valence-corrected chi connectivity index (χ2v) is 3.96. The molecule has 5 heteroatoms. The van der Waals surface area contributed by atoms with E-state index in [1.54, 1.807) is 0 Å². The Bertz CT molecular complexity index is 300. The average Bonchev–Trinajstić information content (AvgIpc) is 2.29. The van der Waals surface area contributed by atoms with Crippen LogP contribution in [0.15, 0.2) is 17.1 Å². The molecule has 1 aromatic heterocycles. The van der Waals surface area contributed by atoms with Crippen molar-refractivity contribution in [1.29, 1.82) is 0 Å². The van der Waals surface area contributed by atoms with Crippen LogP contribution < -0.4 is 0 Å². The van der Waals surface area contributed by atoms with Crippen molar-refractivity contribution < 1.29 is 13.2 Å². The van der Waals surface area contributed by atoms with Gasteiger partial charge in [0, 0.05) is 9.35 Å². The lowest BCUT2D eigenvalue weighted by atomic mass is 10.4. The van der Waals surface area contributed by atoms with Crippen LogP contribution in [0.25, 0.3) is 6.08 Å². The van der Waals surface area contributed by atoms with Gasteiger partial charge in [-0.05, 0) is 22.0 Å². The maximum absolute atomic E-state index is 12.1. The van der Waals surface area contributed by atoms with Gasteiger partial charge in [0.05, 0.1) is 0 Å². The highest BCUT2D eigenvalue weighted by atomic mass is 79.9. The molecule has 0 bridgehead atoms. The zero-order valence-electron chi connectivity index (χ0n) is 5.78. The molecule has 0 aliphatic rings. The topological polar surface area (TPSA) is 0 Å². The SMILES string of the molecule is C=Cc1sc(C(F)(F)F)cc1Br. The summed E-state index contributed by atoms with van der Waals surface area (Å²) in [4.78, 5) is -0.105. The predicted octanol–water partition coefficient (Wildman–Crippen LogP) is 4.17. The van der Waals surface area contributed by atoms with Crippen molar-refractivity contribution in [2.45, 2.75) is 6.18 Å². The van der Waals surface area contributed by atoms with E-state index in [9.17, 15) is 13.2 Å². The first kappa shape index (κ1) is 9.80. The molecule has 0 atom stereocenters. The van der Waals surface area contributed by atoms with Crippen molar-refractivity contribution in [3.05, 3.63) is 26.9 Å². The van der Waals surface area contributed by atoms with Gasteiger partial charge in [0.25, 0.3) is 0 Å². The van der Waals surface area contributed by atoms with Gasteiger partial charge in [0.2, 0.25) is 0 Å². The first-order valence-electron chi connectivity index (χ1n) is 2.94. The Kier molecular flexibility index (Phi) is 2.63. The Morgan fingerprint density at radius 1 is 1.50 bits per heavy atom. The smallest absolute Gasteiger partial charge is 0.165 e. The summed E-state index contributed by atoms with van der Waals surface area (Å²) in [6.07, 6.45) is -2.86. The van der Waals surface area contributed by atoms with E-state index in [1.165, 1.54) is 6.08 Å². The minimum absolute atomic E-state index is 0.440. The summed E-state index contributed by atoms with van der Waals surface area (Å²) < 4.78 is 36.7. The van der Waals surface area contributed by atoms with E-state index in [4.69, 9.17) is 0 Å². The molecule has 0 aliphatic heterocycles. The fourth-order valence-electron chi connectivity index (χ4n) is 0.662. The van der Waals surface area contributed by atoms with E-state index < -0.39 is 11.1 Å². The van der Waals surface area contributed by atoms with Gasteiger partial charge in [-0.25, -0.2) is 0 Å². The molecule has 1 heterocycles. The molecule has 0 fully saturated rings. The lowest BCUT2D eigenvalue weighted by Crippen LogP contribution is -2.00. The van der Waals surface area contributed by atoms with Gasteiger partial charge < -0.3 is 0 Å². The highest BCUT2D eigenvalue weighted by Gasteiger charge is 2.33. The highest BCUT2D eigenvalue weighted by Crippen LogP contribution is 2.38. The lowest BCUT2D eigenvalue weighted by Gasteiger charge is -1.99. The van der Waals surface area contributed by atoms with Crippen LogP contribution in [0.1, 0.15) is 9.75 Å². The van der Waals surface area contributed by atoms with E-state index in [1.807, 2.05) is 0 Å². The minimum atomic E-state index is -4.26. The van der Waals surface area contributed by atoms with E-state index in [2.05, 4.69) is 22.5 Å². The fourth-order valence-corrected chi connectivity index (χ4v) is 2.22. The van der Waals surface area contributed by atoms with E-state index >= 15 is 0 Å². The summed E-state index contributed by atoms with van der Waals surface area (Å²) in [5.41, 5.74) is 0. The summed E-state index contributed by atoms with van der Waals surface area (Å²) in [5, 5.41) is 0. The Morgan fingerprint density at radius 2 is 2.08 bits per heavy atom. The molecule has 1 rings (SSSR count). The molecule has 0 aromatic carbocycles. The third-order valence-corrected chi connectivity index (χ3v) is 3.27. The molecule has 0 spiro atoms. The van der Waals surface area contributed by atoms with Crippen LogP contribution >= 0.6 is 27.3 Å². The number of halogens is 4. The zero-order valence-corrected chi connectivity index (χ0v) is 8.18. The van der Waals surface area contributed by atoms with E-state index in [0.29, 0.717) is 20.7 Å². The van der Waals surface area contributed by atoms with Crippen LogP contribution in [0.2, 0.25) is 0 Å². The molecule has 0 radical (unpaired) electrons. The molecular formula is C7H4BrF3S. The van der Waals surface area contributed by atoms with Gasteiger partial charge in [0.15, 0.2) is 0 Å². The predicted molar refractivity (Wildman–Crippen MR) is 47.1 cm³/mol. The van der Waals surface area contributed by atoms with Crippen molar-refractivity contribution in [3.63, 3.8) is 0 Å². The Morgan fingerprint density at radius 3 is 2.33 bits per heavy atom. The van der Waals surface area contributed by atoms with Gasteiger partial charge in [-0.3, -0.25) is 0 Å². The van der Waals surface area contributed by atoms with Crippen molar-refractivity contribution in [2.24, 2.45) is 0 Å². The van der Waals surface area contributed by atoms with Crippen molar-refractivity contribution in [2.75, 3.05) is 0 Å². The zero-order chi connectivity index (χ0) is 9.35. The van der Waals surface area contributed by atoms with Crippen molar-refractivity contribution in [1.82, 2.24) is 0 Å². The molecule has 0 saturated heterocycles. The quantitative estimate of drug-likeness (QED) is 0.708. The van der Waals surface area contributed by atoms with Crippen LogP contribution in [-0.4, -0.2) is 0 Å². The van der Waals surface area contributed by atoms with Crippen molar-refractivity contribution >= 4 is 33.3 Å². The summed E-state index contributed by atoms with van der Waals surface area (Å²) in [6.45, 7) is 3.40. The molecule has 0 aliphatic carbocycles. The second-order valence-electron chi connectivity index (χ2n) is 2.02. The second kappa shape index (κ2) is 3.22. The van der Waals surface area contributed by atoms with E-state index in [-0.39, 0.29) is 0 Å². The molecule has 0 unspecified atom stereocenters. The van der Waals surface area contributed by atoms with Gasteiger partial charge >= 0.3 is 6.18 Å². The Hall–Kier alpha value is -0.290. The molecular weight excluding hydrogens is 253 g/mol. The lowest BCUT2D eigenvalue weighted by molar-refractivity contribution is -0.134. The maximum Gasteiger partial charge on any atom is 0.425 e. The van der Waals surface area contributed by atoms with Crippen LogP contribution in [0.3, 0.4) is 0 Å². The summed E-state index contributed by atoms with van der Waals surface area (Å²) in [6, 6.07) is 1.06. The standard InChI is InChI=1S/C7H4BrF3S/c1-2-5-4(8)3-6(12-5)7(9,10)11/h2-3H,1H2. The van der Waals surface area contributed by atoms with Crippen LogP contribution in [0.5, 0.6) is 0 Å². The summed E-state index contributed by atoms with van der Waals surface area (Å²) >= 11 is 3.69. The number of thiophene rings is 1. The van der Waals surface area contributed by atoms with Gasteiger partial charge in [-0.2, -0.15) is 13.2 Å². The van der Waals surface area contributed by atoms with Crippen LogP contribution in [0, 0.1) is 0 Å². The molecule has 0 amide bonds. The minimum Gasteiger partial charge on any atom is -0.165 e. The monoisotopic (exact) mass is 256 g/mol. The van der Waals surface area contributed by atoms with Gasteiger partial charge in [-0.15, -0.1) is 11.3 Å². The summed E-state index contributed by atoms with van der Waals surface area (Å²) in [7, 11) is 0. The van der Waals surface area contributed by atoms with Crippen molar-refractivity contribution in [3.8, 4) is 0 Å². The van der Waals surface area contributed by atoms with Gasteiger partial charge in [0.1, 0.15) is 4.88 Å². The van der Waals surface area contributed by atoms with Crippen LogP contribution in [0.4, 0.5) is 13.2 Å². The average molecular weight is 257 g/mol. The summed E-state index contributed by atoms with van der Waals surface area (Å²) in [5.74, 6) is 0.